The van der Waals surface area contributed by atoms with E-state index >= 15 is 0 Å². The summed E-state index contributed by atoms with van der Waals surface area (Å²) in [5, 5.41) is 3.81. The first-order valence-corrected chi connectivity index (χ1v) is 4.28. The first-order valence-electron chi connectivity index (χ1n) is 3.91. The third kappa shape index (κ3) is 2.04. The molecule has 1 N–H and O–H groups in total. The molecule has 66 valence electrons. The van der Waals surface area contributed by atoms with Gasteiger partial charge in [-0.05, 0) is 30.3 Å². The third-order valence-electron chi connectivity index (χ3n) is 1.63. The van der Waals surface area contributed by atoms with Gasteiger partial charge in [-0.3, -0.25) is 0 Å². The highest BCUT2D eigenvalue weighted by Crippen LogP contribution is 2.18. The number of furan rings is 1. The van der Waals surface area contributed by atoms with Crippen LogP contribution < -0.4 is 5.32 Å². The molecule has 2 aromatic rings. The Morgan fingerprint density at radius 2 is 1.85 bits per heavy atom. The van der Waals surface area contributed by atoms with Crippen molar-refractivity contribution >= 4 is 23.2 Å². The number of hydrogen-bond donors (Lipinski definition) is 1. The largest absolute Gasteiger partial charge is 0.449 e. The van der Waals surface area contributed by atoms with Gasteiger partial charge in [0.2, 0.25) is 0 Å². The molecule has 0 radical (unpaired) electrons. The van der Waals surface area contributed by atoms with Crippen LogP contribution in [0.15, 0.2) is 47.1 Å². The Hall–Kier alpha value is -1.41. The molecule has 1 aromatic heterocycles. The Morgan fingerprint density at radius 3 is 2.46 bits per heavy atom. The Morgan fingerprint density at radius 1 is 1.08 bits per heavy atom. The summed E-state index contributed by atoms with van der Waals surface area (Å²) in [6.45, 7) is 0. The molecule has 0 saturated carbocycles. The minimum absolute atomic E-state index is 0.724. The maximum atomic E-state index is 5.74. The van der Waals surface area contributed by atoms with Crippen molar-refractivity contribution in [1.82, 2.24) is 0 Å². The minimum atomic E-state index is 0.724. The van der Waals surface area contributed by atoms with Crippen LogP contribution in [0.25, 0.3) is 0 Å². The lowest BCUT2D eigenvalue weighted by atomic mass is 10.3. The van der Waals surface area contributed by atoms with Crippen molar-refractivity contribution in [3.63, 3.8) is 0 Å². The van der Waals surface area contributed by atoms with Crippen LogP contribution in [0, 0.1) is 0 Å². The maximum absolute atomic E-state index is 5.74. The van der Waals surface area contributed by atoms with Crippen molar-refractivity contribution in [1.29, 1.82) is 0 Å². The molecule has 0 unspecified atom stereocenters. The third-order valence-corrected chi connectivity index (χ3v) is 1.88. The Bertz CT molecular complexity index is 366. The first kappa shape index (κ1) is 8.20. The smallest absolute Gasteiger partial charge is 0.196 e. The van der Waals surface area contributed by atoms with Crippen molar-refractivity contribution in [3.8, 4) is 0 Å². The molecule has 3 heteroatoms. The van der Waals surface area contributed by atoms with Crippen molar-refractivity contribution in [2.24, 2.45) is 0 Å². The van der Waals surface area contributed by atoms with Crippen LogP contribution in [0.5, 0.6) is 0 Å². The summed E-state index contributed by atoms with van der Waals surface area (Å²) in [6.07, 6.45) is 1.62. The maximum Gasteiger partial charge on any atom is 0.196 e. The highest BCUT2D eigenvalue weighted by molar-refractivity contribution is 6.30. The van der Waals surface area contributed by atoms with E-state index < -0.39 is 0 Å². The molecule has 0 amide bonds. The molecule has 2 rings (SSSR count). The number of anilines is 2. The fraction of sp³-hybridized carbons (Fsp3) is 0. The second-order valence-electron chi connectivity index (χ2n) is 2.61. The van der Waals surface area contributed by atoms with E-state index in [-0.39, 0.29) is 0 Å². The lowest BCUT2D eigenvalue weighted by Crippen LogP contribution is -1.86. The molecule has 0 saturated heterocycles. The zero-order valence-electron chi connectivity index (χ0n) is 6.83. The fourth-order valence-electron chi connectivity index (χ4n) is 1.03. The Kier molecular flexibility index (Phi) is 2.23. The predicted octanol–water partition coefficient (Wildman–Crippen LogP) is 3.68. The van der Waals surface area contributed by atoms with Crippen LogP contribution in [-0.4, -0.2) is 0 Å². The summed E-state index contributed by atoms with van der Waals surface area (Å²) in [5.41, 5.74) is 0.958. The van der Waals surface area contributed by atoms with Gasteiger partial charge in [-0.2, -0.15) is 0 Å². The lowest BCUT2D eigenvalue weighted by Gasteiger charge is -2.01. The van der Waals surface area contributed by atoms with E-state index in [1.54, 1.807) is 6.26 Å². The molecule has 0 spiro atoms. The van der Waals surface area contributed by atoms with Gasteiger partial charge >= 0.3 is 0 Å². The van der Waals surface area contributed by atoms with Gasteiger partial charge in [-0.25, -0.2) is 0 Å². The summed E-state index contributed by atoms with van der Waals surface area (Å²) in [6, 6.07) is 11.1. The first-order chi connectivity index (χ1) is 6.34. The van der Waals surface area contributed by atoms with E-state index in [1.165, 1.54) is 0 Å². The molecule has 0 aliphatic rings. The second-order valence-corrected chi connectivity index (χ2v) is 3.05. The zero-order chi connectivity index (χ0) is 9.10. The quantitative estimate of drug-likeness (QED) is 0.787. The molecule has 2 nitrogen and oxygen atoms in total. The van der Waals surface area contributed by atoms with Crippen LogP contribution in [-0.2, 0) is 0 Å². The van der Waals surface area contributed by atoms with E-state index in [0.717, 1.165) is 16.6 Å². The van der Waals surface area contributed by atoms with Gasteiger partial charge in [0.1, 0.15) is 0 Å². The van der Waals surface area contributed by atoms with Crippen LogP contribution in [0.4, 0.5) is 11.6 Å². The molecule has 0 bridgehead atoms. The van der Waals surface area contributed by atoms with E-state index in [0.29, 0.717) is 0 Å². The topological polar surface area (TPSA) is 25.2 Å². The van der Waals surface area contributed by atoms with Gasteiger partial charge in [-0.1, -0.05) is 11.6 Å². The average molecular weight is 194 g/mol. The van der Waals surface area contributed by atoms with Crippen LogP contribution in [0.2, 0.25) is 5.02 Å². The second kappa shape index (κ2) is 3.54. The Labute approximate surface area is 81.1 Å². The molecule has 0 aliphatic heterocycles. The van der Waals surface area contributed by atoms with E-state index in [2.05, 4.69) is 5.32 Å². The van der Waals surface area contributed by atoms with Gasteiger partial charge in [0.15, 0.2) is 5.88 Å². The zero-order valence-corrected chi connectivity index (χ0v) is 7.58. The molecule has 1 heterocycles. The summed E-state index contributed by atoms with van der Waals surface area (Å²) in [7, 11) is 0. The highest BCUT2D eigenvalue weighted by Gasteiger charge is 1.95. The number of rotatable bonds is 2. The predicted molar refractivity (Wildman–Crippen MR) is 53.4 cm³/mol. The molecule has 13 heavy (non-hydrogen) atoms. The van der Waals surface area contributed by atoms with Crippen molar-refractivity contribution in [2.75, 3.05) is 5.32 Å². The van der Waals surface area contributed by atoms with Gasteiger partial charge in [-0.15, -0.1) is 0 Å². The SMILES string of the molecule is Clc1ccc(Nc2ccco2)cc1. The highest BCUT2D eigenvalue weighted by atomic mass is 35.5. The van der Waals surface area contributed by atoms with E-state index in [9.17, 15) is 0 Å². The van der Waals surface area contributed by atoms with Gasteiger partial charge in [0, 0.05) is 16.8 Å². The summed E-state index contributed by atoms with van der Waals surface area (Å²) in [5.74, 6) is 0.724. The Balaban J connectivity index is 2.15. The number of halogens is 1. The number of nitrogens with one attached hydrogen (secondary N) is 1. The molecule has 0 aliphatic carbocycles. The molecular weight excluding hydrogens is 186 g/mol. The van der Waals surface area contributed by atoms with Gasteiger partial charge < -0.3 is 9.73 Å². The minimum Gasteiger partial charge on any atom is -0.449 e. The van der Waals surface area contributed by atoms with Gasteiger partial charge in [0.05, 0.1) is 6.26 Å². The van der Waals surface area contributed by atoms with Gasteiger partial charge in [0.25, 0.3) is 0 Å². The molecular formula is C10H8ClNO. The molecule has 0 atom stereocenters. The lowest BCUT2D eigenvalue weighted by molar-refractivity contribution is 0.585. The molecule has 0 fully saturated rings. The normalized spacial score (nSPS) is 9.92. The summed E-state index contributed by atoms with van der Waals surface area (Å²) >= 11 is 5.74. The monoisotopic (exact) mass is 193 g/mol. The molecule has 1 aromatic carbocycles. The average Bonchev–Trinajstić information content (AvgIpc) is 2.62. The standard InChI is InChI=1S/C10H8ClNO/c11-8-3-5-9(6-4-8)12-10-2-1-7-13-10/h1-7,12H. The van der Waals surface area contributed by atoms with Crippen molar-refractivity contribution < 1.29 is 4.42 Å². The number of benzene rings is 1. The van der Waals surface area contributed by atoms with Crippen LogP contribution in [0.3, 0.4) is 0 Å². The van der Waals surface area contributed by atoms with E-state index in [4.69, 9.17) is 16.0 Å². The van der Waals surface area contributed by atoms with Crippen LogP contribution >= 0.6 is 11.6 Å². The number of hydrogen-bond acceptors (Lipinski definition) is 2. The summed E-state index contributed by atoms with van der Waals surface area (Å²) < 4.78 is 5.12. The summed E-state index contributed by atoms with van der Waals surface area (Å²) in [4.78, 5) is 0. The van der Waals surface area contributed by atoms with E-state index in [1.807, 2.05) is 36.4 Å². The van der Waals surface area contributed by atoms with Crippen molar-refractivity contribution in [3.05, 3.63) is 47.7 Å². The van der Waals surface area contributed by atoms with Crippen molar-refractivity contribution in [2.45, 2.75) is 0 Å². The van der Waals surface area contributed by atoms with Crippen LogP contribution in [0.1, 0.15) is 0 Å². The fourth-order valence-corrected chi connectivity index (χ4v) is 1.15.